The van der Waals surface area contributed by atoms with Crippen molar-refractivity contribution in [2.75, 3.05) is 0 Å². The summed E-state index contributed by atoms with van der Waals surface area (Å²) >= 11 is 0. The lowest BCUT2D eigenvalue weighted by Crippen LogP contribution is -2.33. The van der Waals surface area contributed by atoms with Crippen molar-refractivity contribution in [1.29, 1.82) is 0 Å². The molecule has 0 bridgehead atoms. The van der Waals surface area contributed by atoms with Gasteiger partial charge in [0.05, 0.1) is 6.04 Å². The molecule has 0 heterocycles. The van der Waals surface area contributed by atoms with E-state index in [4.69, 9.17) is 0 Å². The van der Waals surface area contributed by atoms with Crippen LogP contribution in [0.1, 0.15) is 49.8 Å². The smallest absolute Gasteiger partial charge is 0.220 e. The summed E-state index contributed by atoms with van der Waals surface area (Å²) in [7, 11) is 0. The van der Waals surface area contributed by atoms with Gasteiger partial charge in [-0.2, -0.15) is 0 Å². The minimum atomic E-state index is -1.10. The number of rotatable bonds is 5. The highest BCUT2D eigenvalue weighted by Crippen LogP contribution is 2.29. The number of carbonyl (C=O) groups excluding carboxylic acids is 2. The molecule has 0 spiro atoms. The van der Waals surface area contributed by atoms with Gasteiger partial charge >= 0.3 is 0 Å². The zero-order chi connectivity index (χ0) is 14.5. The minimum Gasteiger partial charge on any atom is -0.550 e. The maximum atomic E-state index is 12.0. The monoisotopic (exact) mass is 274 g/mol. The fourth-order valence-electron chi connectivity index (χ4n) is 2.83. The van der Waals surface area contributed by atoms with Gasteiger partial charge in [0.2, 0.25) is 5.91 Å². The molecule has 1 aliphatic carbocycles. The molecule has 20 heavy (non-hydrogen) atoms. The summed E-state index contributed by atoms with van der Waals surface area (Å²) in [5, 5.41) is 13.5. The number of benzene rings is 1. The molecule has 0 unspecified atom stereocenters. The van der Waals surface area contributed by atoms with Gasteiger partial charge in [0.15, 0.2) is 0 Å². The first-order valence-electron chi connectivity index (χ1n) is 7.13. The molecule has 0 radical (unpaired) electrons. The molecule has 1 aromatic carbocycles. The number of carbonyl (C=O) groups is 2. The zero-order valence-corrected chi connectivity index (χ0v) is 11.7. The molecule has 1 N–H and O–H groups in total. The van der Waals surface area contributed by atoms with Gasteiger partial charge in [-0.3, -0.25) is 4.79 Å². The first-order chi connectivity index (χ1) is 9.56. The molecule has 0 aliphatic heterocycles. The van der Waals surface area contributed by atoms with Gasteiger partial charge in [-0.25, -0.2) is 0 Å². The number of nitrogens with one attached hydrogen (secondary N) is 1. The third-order valence-corrected chi connectivity index (χ3v) is 3.75. The zero-order valence-electron chi connectivity index (χ0n) is 11.7. The Hall–Kier alpha value is -1.84. The summed E-state index contributed by atoms with van der Waals surface area (Å²) in [5.74, 6) is -1.38. The summed E-state index contributed by atoms with van der Waals surface area (Å²) in [6.45, 7) is 1.75. The Morgan fingerprint density at radius 1 is 1.35 bits per heavy atom. The highest BCUT2D eigenvalue weighted by atomic mass is 16.4. The van der Waals surface area contributed by atoms with Crippen LogP contribution in [-0.2, 0) is 16.0 Å². The van der Waals surface area contributed by atoms with E-state index in [1.54, 1.807) is 6.92 Å². The van der Waals surface area contributed by atoms with Crippen molar-refractivity contribution in [2.24, 2.45) is 5.92 Å². The second-order valence-electron chi connectivity index (χ2n) is 5.60. The Balaban J connectivity index is 1.94. The Labute approximate surface area is 119 Å². The van der Waals surface area contributed by atoms with Gasteiger partial charge in [0.1, 0.15) is 0 Å². The topological polar surface area (TPSA) is 69.2 Å². The number of fused-ring (bicyclic) bond motifs is 1. The van der Waals surface area contributed by atoms with Crippen molar-refractivity contribution in [3.63, 3.8) is 0 Å². The molecular formula is C16H20NO3-. The fourth-order valence-corrected chi connectivity index (χ4v) is 2.83. The number of hydrogen-bond acceptors (Lipinski definition) is 3. The third kappa shape index (κ3) is 3.83. The average molecular weight is 274 g/mol. The van der Waals surface area contributed by atoms with Crippen molar-refractivity contribution >= 4 is 11.9 Å². The summed E-state index contributed by atoms with van der Waals surface area (Å²) in [5.41, 5.74) is 2.49. The molecule has 0 aromatic heterocycles. The lowest BCUT2D eigenvalue weighted by atomic mass is 9.87. The molecule has 2 atom stereocenters. The Morgan fingerprint density at radius 2 is 2.10 bits per heavy atom. The van der Waals surface area contributed by atoms with Gasteiger partial charge in [-0.05, 0) is 42.7 Å². The average Bonchev–Trinajstić information content (AvgIpc) is 2.38. The van der Waals surface area contributed by atoms with Gasteiger partial charge in [0, 0.05) is 12.4 Å². The van der Waals surface area contributed by atoms with Crippen LogP contribution in [0, 0.1) is 5.92 Å². The van der Waals surface area contributed by atoms with Crippen LogP contribution in [-0.4, -0.2) is 11.9 Å². The van der Waals surface area contributed by atoms with Crippen LogP contribution in [0.15, 0.2) is 24.3 Å². The lowest BCUT2D eigenvalue weighted by molar-refractivity contribution is -0.306. The summed E-state index contributed by atoms with van der Waals surface area (Å²) in [4.78, 5) is 22.5. The van der Waals surface area contributed by atoms with Crippen molar-refractivity contribution < 1.29 is 14.7 Å². The molecule has 1 amide bonds. The normalized spacial score (nSPS) is 18.9. The van der Waals surface area contributed by atoms with E-state index in [1.165, 1.54) is 11.1 Å². The molecule has 2 rings (SSSR count). The van der Waals surface area contributed by atoms with Crippen molar-refractivity contribution in [3.05, 3.63) is 35.4 Å². The Kier molecular flexibility index (Phi) is 4.77. The van der Waals surface area contributed by atoms with Gasteiger partial charge in [0.25, 0.3) is 0 Å². The highest BCUT2D eigenvalue weighted by Gasteiger charge is 2.21. The SMILES string of the molecule is C[C@H](CC(=O)[O-])CC(=O)N[C@H]1CCCc2ccccc21. The summed E-state index contributed by atoms with van der Waals surface area (Å²) in [6, 6.07) is 8.23. The molecule has 1 aromatic rings. The standard InChI is InChI=1S/C16H21NO3/c1-11(10-16(19)20)9-15(18)17-14-8-4-6-12-5-2-3-7-13(12)14/h2-3,5,7,11,14H,4,6,8-10H2,1H3,(H,17,18)(H,19,20)/p-1/t11-,14-/m0/s1. The Bertz CT molecular complexity index is 498. The number of aryl methyl sites for hydroxylation is 1. The van der Waals surface area contributed by atoms with Crippen molar-refractivity contribution in [3.8, 4) is 0 Å². The molecular weight excluding hydrogens is 254 g/mol. The van der Waals surface area contributed by atoms with Crippen LogP contribution in [0.4, 0.5) is 0 Å². The maximum Gasteiger partial charge on any atom is 0.220 e. The first kappa shape index (κ1) is 14.6. The van der Waals surface area contributed by atoms with E-state index in [1.807, 2.05) is 12.1 Å². The third-order valence-electron chi connectivity index (χ3n) is 3.75. The van der Waals surface area contributed by atoms with Gasteiger partial charge in [-0.15, -0.1) is 0 Å². The van der Waals surface area contributed by atoms with E-state index >= 15 is 0 Å². The van der Waals surface area contributed by atoms with Gasteiger partial charge in [-0.1, -0.05) is 31.2 Å². The molecule has 0 saturated heterocycles. The lowest BCUT2D eigenvalue weighted by Gasteiger charge is -2.26. The molecule has 4 heteroatoms. The molecule has 4 nitrogen and oxygen atoms in total. The van der Waals surface area contributed by atoms with E-state index in [0.717, 1.165) is 19.3 Å². The number of aliphatic carboxylic acids is 1. The van der Waals surface area contributed by atoms with Gasteiger partial charge < -0.3 is 15.2 Å². The van der Waals surface area contributed by atoms with Crippen molar-refractivity contribution in [2.45, 2.75) is 45.1 Å². The quantitative estimate of drug-likeness (QED) is 0.881. The fraction of sp³-hybridized carbons (Fsp3) is 0.500. The molecule has 0 saturated carbocycles. The number of amides is 1. The number of carboxylic acid groups (broad SMARTS) is 1. The second-order valence-corrected chi connectivity index (χ2v) is 5.60. The van der Waals surface area contributed by atoms with Crippen LogP contribution in [0.3, 0.4) is 0 Å². The highest BCUT2D eigenvalue weighted by molar-refractivity contribution is 5.77. The van der Waals surface area contributed by atoms with E-state index in [-0.39, 0.29) is 30.7 Å². The van der Waals surface area contributed by atoms with E-state index in [2.05, 4.69) is 17.4 Å². The Morgan fingerprint density at radius 3 is 2.85 bits per heavy atom. The summed E-state index contributed by atoms with van der Waals surface area (Å²) in [6.07, 6.45) is 3.22. The van der Waals surface area contributed by atoms with E-state index < -0.39 is 5.97 Å². The first-order valence-corrected chi connectivity index (χ1v) is 7.13. The molecule has 1 aliphatic rings. The minimum absolute atomic E-state index is 0.0580. The van der Waals surface area contributed by atoms with Crippen LogP contribution in [0.25, 0.3) is 0 Å². The number of carboxylic acids is 1. The van der Waals surface area contributed by atoms with Crippen LogP contribution in [0.2, 0.25) is 0 Å². The van der Waals surface area contributed by atoms with E-state index in [9.17, 15) is 14.7 Å². The van der Waals surface area contributed by atoms with Crippen LogP contribution < -0.4 is 10.4 Å². The predicted octanol–water partition coefficient (Wildman–Crippen LogP) is 1.35. The number of hydrogen-bond donors (Lipinski definition) is 1. The molecule has 0 fully saturated rings. The van der Waals surface area contributed by atoms with Crippen LogP contribution >= 0.6 is 0 Å². The van der Waals surface area contributed by atoms with E-state index in [0.29, 0.717) is 0 Å². The largest absolute Gasteiger partial charge is 0.550 e. The predicted molar refractivity (Wildman–Crippen MR) is 73.7 cm³/mol. The van der Waals surface area contributed by atoms with Crippen LogP contribution in [0.5, 0.6) is 0 Å². The summed E-state index contributed by atoms with van der Waals surface area (Å²) < 4.78 is 0. The molecule has 108 valence electrons. The second kappa shape index (κ2) is 6.55. The van der Waals surface area contributed by atoms with Crippen molar-refractivity contribution in [1.82, 2.24) is 5.32 Å². The maximum absolute atomic E-state index is 12.0.